The first kappa shape index (κ1) is 12.1. The zero-order valence-electron chi connectivity index (χ0n) is 9.44. The van der Waals surface area contributed by atoms with E-state index in [0.717, 1.165) is 38.1 Å². The minimum atomic E-state index is -0.0282. The van der Waals surface area contributed by atoms with E-state index in [4.69, 9.17) is 9.84 Å². The Balaban J connectivity index is 2.64. The normalized spacial score (nSPS) is 10.9. The van der Waals surface area contributed by atoms with Gasteiger partial charge >= 0.3 is 0 Å². The molecule has 0 aliphatic carbocycles. The van der Waals surface area contributed by atoms with E-state index in [1.165, 1.54) is 0 Å². The molecule has 0 unspecified atom stereocenters. The van der Waals surface area contributed by atoms with Gasteiger partial charge in [-0.15, -0.1) is 5.10 Å². The van der Waals surface area contributed by atoms with Crippen molar-refractivity contribution >= 4 is 0 Å². The predicted octanol–water partition coefficient (Wildman–Crippen LogP) is 0.759. The van der Waals surface area contributed by atoms with Crippen LogP contribution in [0.2, 0.25) is 0 Å². The molecule has 1 aromatic heterocycles. The fourth-order valence-corrected chi connectivity index (χ4v) is 1.54. The second kappa shape index (κ2) is 6.53. The van der Waals surface area contributed by atoms with Crippen LogP contribution >= 0.6 is 0 Å². The van der Waals surface area contributed by atoms with E-state index >= 15 is 0 Å². The summed E-state index contributed by atoms with van der Waals surface area (Å²) < 4.78 is 6.85. The molecule has 86 valence electrons. The summed E-state index contributed by atoms with van der Waals surface area (Å²) in [7, 11) is 1.69. The number of aromatic nitrogens is 3. The number of nitrogens with zero attached hydrogens (tertiary/aromatic N) is 3. The average Bonchev–Trinajstić information content (AvgIpc) is 2.62. The summed E-state index contributed by atoms with van der Waals surface area (Å²) in [4.78, 5) is 0. The van der Waals surface area contributed by atoms with Crippen LogP contribution in [0.5, 0.6) is 0 Å². The first-order valence-corrected chi connectivity index (χ1v) is 5.34. The molecular weight excluding hydrogens is 194 g/mol. The molecule has 1 aromatic rings. The number of aliphatic hydroxyl groups excluding tert-OH is 1. The van der Waals surface area contributed by atoms with E-state index < -0.39 is 0 Å². The van der Waals surface area contributed by atoms with Gasteiger partial charge in [0.05, 0.1) is 12.3 Å². The summed E-state index contributed by atoms with van der Waals surface area (Å²) in [6.07, 6.45) is 2.86. The van der Waals surface area contributed by atoms with Gasteiger partial charge in [-0.05, 0) is 12.8 Å². The van der Waals surface area contributed by atoms with Crippen molar-refractivity contribution in [3.63, 3.8) is 0 Å². The van der Waals surface area contributed by atoms with Crippen LogP contribution in [0.3, 0.4) is 0 Å². The molecule has 5 nitrogen and oxygen atoms in total. The highest BCUT2D eigenvalue weighted by Gasteiger charge is 2.10. The third-order valence-electron chi connectivity index (χ3n) is 2.27. The number of rotatable bonds is 7. The Labute approximate surface area is 90.1 Å². The van der Waals surface area contributed by atoms with Gasteiger partial charge in [-0.25, -0.2) is 4.68 Å². The summed E-state index contributed by atoms with van der Waals surface area (Å²) in [6, 6.07) is 0. The molecule has 1 N–H and O–H groups in total. The van der Waals surface area contributed by atoms with Crippen LogP contribution in [0, 0.1) is 0 Å². The summed E-state index contributed by atoms with van der Waals surface area (Å²) in [5, 5.41) is 17.1. The van der Waals surface area contributed by atoms with Gasteiger partial charge in [-0.1, -0.05) is 18.6 Å². The van der Waals surface area contributed by atoms with Crippen LogP contribution in [0.4, 0.5) is 0 Å². The Bertz CT molecular complexity index is 286. The molecule has 1 rings (SSSR count). The van der Waals surface area contributed by atoms with Gasteiger partial charge in [0.25, 0.3) is 0 Å². The SMILES string of the molecule is CCCc1c(CO)nnn1CCCOC. The molecule has 0 fully saturated rings. The number of aryl methyl sites for hydroxylation is 1. The summed E-state index contributed by atoms with van der Waals surface area (Å²) in [5.41, 5.74) is 1.75. The lowest BCUT2D eigenvalue weighted by Crippen LogP contribution is -2.08. The van der Waals surface area contributed by atoms with Crippen molar-refractivity contribution < 1.29 is 9.84 Å². The average molecular weight is 213 g/mol. The number of hydrogen-bond donors (Lipinski definition) is 1. The Morgan fingerprint density at radius 3 is 2.87 bits per heavy atom. The molecule has 15 heavy (non-hydrogen) atoms. The van der Waals surface area contributed by atoms with Crippen LogP contribution in [-0.4, -0.2) is 33.8 Å². The molecular formula is C10H19N3O2. The Kier molecular flexibility index (Phi) is 5.28. The van der Waals surface area contributed by atoms with E-state index in [9.17, 15) is 0 Å². The Hall–Kier alpha value is -0.940. The minimum absolute atomic E-state index is 0.0282. The first-order valence-electron chi connectivity index (χ1n) is 5.34. The molecule has 0 aliphatic rings. The number of methoxy groups -OCH3 is 1. The van der Waals surface area contributed by atoms with Crippen molar-refractivity contribution in [1.82, 2.24) is 15.0 Å². The molecule has 1 heterocycles. The van der Waals surface area contributed by atoms with E-state index in [1.807, 2.05) is 4.68 Å². The van der Waals surface area contributed by atoms with Gasteiger partial charge in [-0.3, -0.25) is 0 Å². The van der Waals surface area contributed by atoms with Crippen LogP contribution in [0.25, 0.3) is 0 Å². The van der Waals surface area contributed by atoms with E-state index in [1.54, 1.807) is 7.11 Å². The van der Waals surface area contributed by atoms with Gasteiger partial charge in [0, 0.05) is 20.3 Å². The maximum Gasteiger partial charge on any atom is 0.111 e. The molecule has 0 radical (unpaired) electrons. The highest BCUT2D eigenvalue weighted by molar-refractivity contribution is 5.09. The molecule has 0 saturated heterocycles. The topological polar surface area (TPSA) is 60.2 Å². The highest BCUT2D eigenvalue weighted by atomic mass is 16.5. The van der Waals surface area contributed by atoms with E-state index in [0.29, 0.717) is 5.69 Å². The molecule has 0 spiro atoms. The van der Waals surface area contributed by atoms with Crippen LogP contribution in [0.15, 0.2) is 0 Å². The van der Waals surface area contributed by atoms with Crippen LogP contribution in [0.1, 0.15) is 31.2 Å². The molecule has 0 aliphatic heterocycles. The highest BCUT2D eigenvalue weighted by Crippen LogP contribution is 2.09. The molecule has 0 bridgehead atoms. The van der Waals surface area contributed by atoms with Crippen molar-refractivity contribution in [3.05, 3.63) is 11.4 Å². The standard InChI is InChI=1S/C10H19N3O2/c1-3-5-10-9(8-14)11-12-13(10)6-4-7-15-2/h14H,3-8H2,1-2H3. The van der Waals surface area contributed by atoms with Gasteiger partial charge in [0.2, 0.25) is 0 Å². The van der Waals surface area contributed by atoms with Crippen molar-refractivity contribution in [2.24, 2.45) is 0 Å². The summed E-state index contributed by atoms with van der Waals surface area (Å²) >= 11 is 0. The first-order chi connectivity index (χ1) is 7.33. The van der Waals surface area contributed by atoms with Crippen LogP contribution in [-0.2, 0) is 24.3 Å². The fourth-order valence-electron chi connectivity index (χ4n) is 1.54. The largest absolute Gasteiger partial charge is 0.390 e. The van der Waals surface area contributed by atoms with Crippen molar-refractivity contribution in [2.45, 2.75) is 39.3 Å². The number of ether oxygens (including phenoxy) is 1. The minimum Gasteiger partial charge on any atom is -0.390 e. The maximum absolute atomic E-state index is 9.09. The Morgan fingerprint density at radius 1 is 1.47 bits per heavy atom. The predicted molar refractivity (Wildman–Crippen MR) is 56.4 cm³/mol. The van der Waals surface area contributed by atoms with Crippen molar-refractivity contribution in [1.29, 1.82) is 0 Å². The third-order valence-corrected chi connectivity index (χ3v) is 2.27. The summed E-state index contributed by atoms with van der Waals surface area (Å²) in [6.45, 7) is 3.60. The van der Waals surface area contributed by atoms with Gasteiger partial charge in [0.1, 0.15) is 5.69 Å². The zero-order valence-corrected chi connectivity index (χ0v) is 9.44. The smallest absolute Gasteiger partial charge is 0.111 e. The second-order valence-corrected chi connectivity index (χ2v) is 3.46. The van der Waals surface area contributed by atoms with Gasteiger partial charge < -0.3 is 9.84 Å². The molecule has 0 saturated carbocycles. The second-order valence-electron chi connectivity index (χ2n) is 3.46. The van der Waals surface area contributed by atoms with E-state index in [-0.39, 0.29) is 6.61 Å². The zero-order chi connectivity index (χ0) is 11.1. The lowest BCUT2D eigenvalue weighted by Gasteiger charge is -2.05. The fraction of sp³-hybridized carbons (Fsp3) is 0.800. The van der Waals surface area contributed by atoms with Gasteiger partial charge in [-0.2, -0.15) is 0 Å². The molecule has 0 aromatic carbocycles. The van der Waals surface area contributed by atoms with Crippen LogP contribution < -0.4 is 0 Å². The monoisotopic (exact) mass is 213 g/mol. The quantitative estimate of drug-likeness (QED) is 0.679. The van der Waals surface area contributed by atoms with E-state index in [2.05, 4.69) is 17.2 Å². The van der Waals surface area contributed by atoms with Gasteiger partial charge in [0.15, 0.2) is 0 Å². The summed E-state index contributed by atoms with van der Waals surface area (Å²) in [5.74, 6) is 0. The maximum atomic E-state index is 9.09. The third kappa shape index (κ3) is 3.28. The van der Waals surface area contributed by atoms with Crippen molar-refractivity contribution in [3.8, 4) is 0 Å². The molecule has 5 heteroatoms. The molecule has 0 amide bonds. The lowest BCUT2D eigenvalue weighted by atomic mass is 10.2. The number of aliphatic hydroxyl groups is 1. The number of hydrogen-bond acceptors (Lipinski definition) is 4. The lowest BCUT2D eigenvalue weighted by molar-refractivity contribution is 0.188. The van der Waals surface area contributed by atoms with Crippen molar-refractivity contribution in [2.75, 3.05) is 13.7 Å². The molecule has 0 atom stereocenters. The Morgan fingerprint density at radius 2 is 2.27 bits per heavy atom.